The summed E-state index contributed by atoms with van der Waals surface area (Å²) in [6.07, 6.45) is 3.34. The van der Waals surface area contributed by atoms with Crippen LogP contribution in [-0.2, 0) is 4.52 Å². The first kappa shape index (κ1) is 14.7. The predicted octanol–water partition coefficient (Wildman–Crippen LogP) is 3.46. The third kappa shape index (κ3) is 7.61. The van der Waals surface area contributed by atoms with Crippen molar-refractivity contribution in [2.75, 3.05) is 13.2 Å². The number of benzene rings is 1. The Hall–Kier alpha value is -0.300. The van der Waals surface area contributed by atoms with Gasteiger partial charge in [0.25, 0.3) is 0 Å². The van der Waals surface area contributed by atoms with Crippen LogP contribution in [-0.4, -0.2) is 13.2 Å². The first-order valence-corrected chi connectivity index (χ1v) is 5.40. The predicted molar refractivity (Wildman–Crippen MR) is 68.7 cm³/mol. The first-order chi connectivity index (χ1) is 6.93. The molecular weight excluding hydrogens is 231 g/mol. The summed E-state index contributed by atoms with van der Waals surface area (Å²) in [7, 11) is 2.26. The van der Waals surface area contributed by atoms with E-state index in [4.69, 9.17) is 9.26 Å². The minimum atomic E-state index is 0. The van der Waals surface area contributed by atoms with Crippen molar-refractivity contribution in [2.45, 2.75) is 19.3 Å². The topological polar surface area (TPSA) is 18.5 Å². The number of rotatable bonds is 7. The molecule has 0 bridgehead atoms. The normalized spacial score (nSPS) is 9.40. The molecule has 1 aromatic rings. The molecule has 0 radical (unpaired) electrons. The van der Waals surface area contributed by atoms with Crippen molar-refractivity contribution in [1.82, 2.24) is 0 Å². The quantitative estimate of drug-likeness (QED) is 0.543. The molecule has 1 atom stereocenters. The van der Waals surface area contributed by atoms with Gasteiger partial charge in [-0.1, -0.05) is 18.2 Å². The van der Waals surface area contributed by atoms with E-state index in [1.54, 1.807) is 0 Å². The lowest BCUT2D eigenvalue weighted by Gasteiger charge is -2.05. The maximum atomic E-state index is 5.54. The van der Waals surface area contributed by atoms with Crippen LogP contribution in [0, 0.1) is 0 Å². The Labute approximate surface area is 100 Å². The Morgan fingerprint density at radius 2 is 1.60 bits per heavy atom. The van der Waals surface area contributed by atoms with Gasteiger partial charge >= 0.3 is 0 Å². The van der Waals surface area contributed by atoms with E-state index in [1.807, 2.05) is 30.3 Å². The summed E-state index contributed by atoms with van der Waals surface area (Å²) in [6.45, 7) is 1.61. The average molecular weight is 249 g/mol. The molecular formula is C11H18ClO2P. The van der Waals surface area contributed by atoms with Crippen LogP contribution in [0.25, 0.3) is 0 Å². The highest BCUT2D eigenvalue weighted by molar-refractivity contribution is 7.09. The van der Waals surface area contributed by atoms with Crippen molar-refractivity contribution in [1.29, 1.82) is 0 Å². The smallest absolute Gasteiger partial charge is 0.119 e. The van der Waals surface area contributed by atoms with E-state index in [0.717, 1.165) is 38.2 Å². The van der Waals surface area contributed by atoms with Crippen molar-refractivity contribution in [3.63, 3.8) is 0 Å². The lowest BCUT2D eigenvalue weighted by atomic mass is 10.2. The van der Waals surface area contributed by atoms with Gasteiger partial charge in [-0.25, -0.2) is 0 Å². The SMILES string of the molecule is Cl.POCCCCCOc1ccccc1. The molecule has 0 heterocycles. The summed E-state index contributed by atoms with van der Waals surface area (Å²) < 4.78 is 10.4. The van der Waals surface area contributed by atoms with Crippen LogP contribution in [0.5, 0.6) is 5.75 Å². The van der Waals surface area contributed by atoms with E-state index in [0.29, 0.717) is 0 Å². The molecule has 0 aliphatic heterocycles. The van der Waals surface area contributed by atoms with Crippen LogP contribution in [0.1, 0.15) is 19.3 Å². The molecule has 1 rings (SSSR count). The molecule has 1 aromatic carbocycles. The van der Waals surface area contributed by atoms with Gasteiger partial charge in [0.15, 0.2) is 0 Å². The fourth-order valence-corrected chi connectivity index (χ4v) is 1.34. The van der Waals surface area contributed by atoms with Crippen LogP contribution >= 0.6 is 21.9 Å². The van der Waals surface area contributed by atoms with E-state index in [1.165, 1.54) is 0 Å². The summed E-state index contributed by atoms with van der Waals surface area (Å²) >= 11 is 0. The second kappa shape index (κ2) is 10.2. The summed E-state index contributed by atoms with van der Waals surface area (Å²) in [5, 5.41) is 0. The lowest BCUT2D eigenvalue weighted by Crippen LogP contribution is -1.97. The van der Waals surface area contributed by atoms with Gasteiger partial charge in [-0.05, 0) is 31.4 Å². The summed E-state index contributed by atoms with van der Waals surface area (Å²) in [5.41, 5.74) is 0. The third-order valence-electron chi connectivity index (χ3n) is 1.92. The molecule has 0 saturated heterocycles. The number of ether oxygens (including phenoxy) is 1. The zero-order valence-electron chi connectivity index (χ0n) is 8.72. The summed E-state index contributed by atoms with van der Waals surface area (Å²) in [4.78, 5) is 0. The average Bonchev–Trinajstić information content (AvgIpc) is 2.25. The largest absolute Gasteiger partial charge is 0.494 e. The molecule has 0 fully saturated rings. The number of hydrogen-bond donors (Lipinski definition) is 0. The van der Waals surface area contributed by atoms with Crippen molar-refractivity contribution >= 4 is 21.9 Å². The second-order valence-corrected chi connectivity index (χ2v) is 3.43. The van der Waals surface area contributed by atoms with Crippen LogP contribution in [0.15, 0.2) is 30.3 Å². The maximum absolute atomic E-state index is 5.54. The Kier molecular flexibility index (Phi) is 10.0. The highest BCUT2D eigenvalue weighted by Crippen LogP contribution is 2.09. The Balaban J connectivity index is 0.00000196. The maximum Gasteiger partial charge on any atom is 0.119 e. The minimum Gasteiger partial charge on any atom is -0.494 e. The van der Waals surface area contributed by atoms with Gasteiger partial charge in [0, 0.05) is 9.47 Å². The number of para-hydroxylation sites is 1. The van der Waals surface area contributed by atoms with E-state index >= 15 is 0 Å². The molecule has 0 saturated carbocycles. The molecule has 4 heteroatoms. The molecule has 0 amide bonds. The standard InChI is InChI=1S/C11H17O2P.ClH/c14-13-10-6-2-5-9-12-11-7-3-1-4-8-11;/h1,3-4,7-8H,2,5-6,9-10,14H2;1H. The second-order valence-electron chi connectivity index (χ2n) is 3.09. The van der Waals surface area contributed by atoms with Crippen LogP contribution in [0.4, 0.5) is 0 Å². The van der Waals surface area contributed by atoms with Gasteiger partial charge in [-0.15, -0.1) is 12.4 Å². The lowest BCUT2D eigenvalue weighted by molar-refractivity contribution is 0.293. The van der Waals surface area contributed by atoms with E-state index in [2.05, 4.69) is 9.47 Å². The van der Waals surface area contributed by atoms with Crippen molar-refractivity contribution in [3.05, 3.63) is 30.3 Å². The van der Waals surface area contributed by atoms with Gasteiger partial charge in [-0.2, -0.15) is 0 Å². The summed E-state index contributed by atoms with van der Waals surface area (Å²) in [6, 6.07) is 9.91. The number of hydrogen-bond acceptors (Lipinski definition) is 2. The third-order valence-corrected chi connectivity index (χ3v) is 2.15. The first-order valence-electron chi connectivity index (χ1n) is 4.93. The van der Waals surface area contributed by atoms with Crippen LogP contribution in [0.3, 0.4) is 0 Å². The van der Waals surface area contributed by atoms with E-state index in [-0.39, 0.29) is 12.4 Å². The fourth-order valence-electron chi connectivity index (χ4n) is 1.17. The van der Waals surface area contributed by atoms with E-state index < -0.39 is 0 Å². The zero-order valence-corrected chi connectivity index (χ0v) is 10.7. The molecule has 2 nitrogen and oxygen atoms in total. The minimum absolute atomic E-state index is 0. The van der Waals surface area contributed by atoms with Crippen LogP contribution in [0.2, 0.25) is 0 Å². The molecule has 0 aliphatic carbocycles. The number of halogens is 1. The molecule has 0 aliphatic rings. The van der Waals surface area contributed by atoms with Crippen molar-refractivity contribution in [3.8, 4) is 5.75 Å². The Morgan fingerprint density at radius 1 is 0.933 bits per heavy atom. The van der Waals surface area contributed by atoms with Gasteiger partial charge in [-0.3, -0.25) is 0 Å². The zero-order chi connectivity index (χ0) is 10.1. The molecule has 0 N–H and O–H groups in total. The van der Waals surface area contributed by atoms with Gasteiger partial charge in [0.2, 0.25) is 0 Å². The van der Waals surface area contributed by atoms with Gasteiger partial charge in [0.1, 0.15) is 5.75 Å². The molecule has 0 spiro atoms. The van der Waals surface area contributed by atoms with Gasteiger partial charge in [0.05, 0.1) is 13.2 Å². The molecule has 86 valence electrons. The van der Waals surface area contributed by atoms with Crippen molar-refractivity contribution in [2.24, 2.45) is 0 Å². The highest BCUT2D eigenvalue weighted by atomic mass is 35.5. The molecule has 1 unspecified atom stereocenters. The Bertz CT molecular complexity index is 231. The molecule has 15 heavy (non-hydrogen) atoms. The van der Waals surface area contributed by atoms with Crippen LogP contribution < -0.4 is 4.74 Å². The van der Waals surface area contributed by atoms with Crippen molar-refractivity contribution < 1.29 is 9.26 Å². The fraction of sp³-hybridized carbons (Fsp3) is 0.455. The van der Waals surface area contributed by atoms with Gasteiger partial charge < -0.3 is 9.26 Å². The monoisotopic (exact) mass is 248 g/mol. The molecule has 0 aromatic heterocycles. The summed E-state index contributed by atoms with van der Waals surface area (Å²) in [5.74, 6) is 0.954. The number of unbranched alkanes of at least 4 members (excludes halogenated alkanes) is 2. The van der Waals surface area contributed by atoms with E-state index in [9.17, 15) is 0 Å². The Morgan fingerprint density at radius 3 is 2.27 bits per heavy atom. The highest BCUT2D eigenvalue weighted by Gasteiger charge is 1.92.